The molecule has 2 aliphatic heterocycles. The minimum Gasteiger partial charge on any atom is -0.446 e. The second-order valence-corrected chi connectivity index (χ2v) is 9.87. The number of rotatable bonds is 10. The topological polar surface area (TPSA) is 118 Å². The number of ether oxygens (including phenoxy) is 1. The lowest BCUT2D eigenvalue weighted by atomic mass is 9.96. The van der Waals surface area contributed by atoms with Gasteiger partial charge in [0.25, 0.3) is 5.91 Å². The molecule has 3 aliphatic rings. The first kappa shape index (κ1) is 23.7. The van der Waals surface area contributed by atoms with Crippen LogP contribution in [0.1, 0.15) is 48.8 Å². The summed E-state index contributed by atoms with van der Waals surface area (Å²) >= 11 is 1.67. The highest BCUT2D eigenvalue weighted by molar-refractivity contribution is 7.13. The van der Waals surface area contributed by atoms with E-state index in [9.17, 15) is 9.59 Å². The Labute approximate surface area is 198 Å². The molecule has 180 valence electrons. The van der Waals surface area contributed by atoms with Gasteiger partial charge in [0.05, 0.1) is 23.7 Å². The minimum atomic E-state index is -0.400. The van der Waals surface area contributed by atoms with Crippen molar-refractivity contribution in [2.45, 2.75) is 51.6 Å². The van der Waals surface area contributed by atoms with Gasteiger partial charge < -0.3 is 21.1 Å². The SMILES string of the molecule is CCON(CCCNC(=O)OC1CCC1)C(=O)C1=Cc2sc(CC3CNC3)cc2N=C(N)C1. The van der Waals surface area contributed by atoms with Crippen molar-refractivity contribution in [1.29, 1.82) is 0 Å². The summed E-state index contributed by atoms with van der Waals surface area (Å²) < 4.78 is 5.28. The molecule has 1 aromatic heterocycles. The second kappa shape index (κ2) is 11.1. The van der Waals surface area contributed by atoms with E-state index in [-0.39, 0.29) is 18.4 Å². The summed E-state index contributed by atoms with van der Waals surface area (Å²) in [5.41, 5.74) is 7.53. The molecule has 1 aromatic rings. The van der Waals surface area contributed by atoms with E-state index in [1.165, 1.54) is 9.94 Å². The van der Waals surface area contributed by atoms with Gasteiger partial charge in [0.1, 0.15) is 11.9 Å². The van der Waals surface area contributed by atoms with Crippen LogP contribution in [0.2, 0.25) is 0 Å². The summed E-state index contributed by atoms with van der Waals surface area (Å²) in [5.74, 6) is 0.852. The van der Waals surface area contributed by atoms with Crippen LogP contribution < -0.4 is 16.4 Å². The van der Waals surface area contributed by atoms with Crippen molar-refractivity contribution in [1.82, 2.24) is 15.7 Å². The lowest BCUT2D eigenvalue weighted by Gasteiger charge is -2.26. The van der Waals surface area contributed by atoms with E-state index < -0.39 is 6.09 Å². The zero-order valence-electron chi connectivity index (χ0n) is 19.1. The fourth-order valence-electron chi connectivity index (χ4n) is 3.89. The van der Waals surface area contributed by atoms with Gasteiger partial charge in [-0.3, -0.25) is 9.63 Å². The van der Waals surface area contributed by atoms with Crippen LogP contribution in [0.4, 0.5) is 10.5 Å². The van der Waals surface area contributed by atoms with Crippen molar-refractivity contribution in [2.75, 3.05) is 32.8 Å². The molecular formula is C23H33N5O4S. The number of fused-ring (bicyclic) bond motifs is 1. The smallest absolute Gasteiger partial charge is 0.407 e. The normalized spacial score (nSPS) is 18.2. The number of hydrogen-bond acceptors (Lipinski definition) is 8. The van der Waals surface area contributed by atoms with E-state index in [4.69, 9.17) is 15.3 Å². The van der Waals surface area contributed by atoms with Gasteiger partial charge >= 0.3 is 6.09 Å². The number of hydrogen-bond donors (Lipinski definition) is 3. The van der Waals surface area contributed by atoms with Crippen molar-refractivity contribution in [3.63, 3.8) is 0 Å². The lowest BCUT2D eigenvalue weighted by molar-refractivity contribution is -0.180. The van der Waals surface area contributed by atoms with E-state index in [0.717, 1.165) is 49.3 Å². The van der Waals surface area contributed by atoms with Crippen molar-refractivity contribution >= 4 is 40.9 Å². The molecule has 4 rings (SSSR count). The zero-order chi connectivity index (χ0) is 23.2. The van der Waals surface area contributed by atoms with Gasteiger partial charge in [0, 0.05) is 23.4 Å². The largest absolute Gasteiger partial charge is 0.446 e. The maximum atomic E-state index is 13.3. The average molecular weight is 476 g/mol. The molecule has 0 spiro atoms. The van der Waals surface area contributed by atoms with Crippen LogP contribution in [0.25, 0.3) is 6.08 Å². The quantitative estimate of drug-likeness (QED) is 0.354. The molecule has 1 saturated heterocycles. The number of hydroxylamine groups is 2. The summed E-state index contributed by atoms with van der Waals surface area (Å²) in [6.45, 7) is 5.05. The highest BCUT2D eigenvalue weighted by Gasteiger charge is 2.25. The van der Waals surface area contributed by atoms with Gasteiger partial charge in [-0.25, -0.2) is 14.9 Å². The number of nitrogens with two attached hydrogens (primary N) is 1. The summed E-state index contributed by atoms with van der Waals surface area (Å²) in [6.07, 6.45) is 6.37. The fraction of sp³-hybridized carbons (Fsp3) is 0.609. The maximum Gasteiger partial charge on any atom is 0.407 e. The molecule has 0 aromatic carbocycles. The van der Waals surface area contributed by atoms with E-state index in [1.54, 1.807) is 11.3 Å². The molecular weight excluding hydrogens is 442 g/mol. The van der Waals surface area contributed by atoms with E-state index >= 15 is 0 Å². The molecule has 9 nitrogen and oxygen atoms in total. The molecule has 33 heavy (non-hydrogen) atoms. The third-order valence-electron chi connectivity index (χ3n) is 6.01. The Kier molecular flexibility index (Phi) is 8.00. The number of carbonyl (C=O) groups is 2. The highest BCUT2D eigenvalue weighted by atomic mass is 32.1. The van der Waals surface area contributed by atoms with Gasteiger partial charge in [-0.15, -0.1) is 11.3 Å². The summed E-state index contributed by atoms with van der Waals surface area (Å²) in [5, 5.41) is 7.40. The first-order chi connectivity index (χ1) is 16.0. The highest BCUT2D eigenvalue weighted by Crippen LogP contribution is 2.36. The van der Waals surface area contributed by atoms with Gasteiger partial charge in [0.15, 0.2) is 0 Å². The first-order valence-corrected chi connectivity index (χ1v) is 12.6. The number of aliphatic imine (C=N–C) groups is 1. The Morgan fingerprint density at radius 2 is 2.18 bits per heavy atom. The summed E-state index contributed by atoms with van der Waals surface area (Å²) in [7, 11) is 0. The summed E-state index contributed by atoms with van der Waals surface area (Å²) in [6, 6.07) is 2.09. The fourth-order valence-corrected chi connectivity index (χ4v) is 5.07. The standard InChI is InChI=1S/C23H33N5O4S/c1-2-31-28(8-4-7-26-23(30)32-17-5-3-6-17)22(29)16-10-20-19(27-21(24)11-16)12-18(33-20)9-15-13-25-14-15/h10,12,15,17,25H,2-9,11,13-14H2,1H3,(H2,24,27)(H,26,30). The van der Waals surface area contributed by atoms with Crippen molar-refractivity contribution in [2.24, 2.45) is 16.6 Å². The Morgan fingerprint density at radius 3 is 2.85 bits per heavy atom. The van der Waals surface area contributed by atoms with Crippen LogP contribution in [0, 0.1) is 5.92 Å². The van der Waals surface area contributed by atoms with E-state index in [2.05, 4.69) is 21.7 Å². The zero-order valence-corrected chi connectivity index (χ0v) is 19.9. The van der Waals surface area contributed by atoms with E-state index in [1.807, 2.05) is 13.0 Å². The molecule has 4 N–H and O–H groups in total. The van der Waals surface area contributed by atoms with Gasteiger partial charge in [-0.2, -0.15) is 0 Å². The Hall–Kier alpha value is -2.43. The number of amidine groups is 1. The predicted octanol–water partition coefficient (Wildman–Crippen LogP) is 2.73. The predicted molar refractivity (Wildman–Crippen MR) is 128 cm³/mol. The Bertz CT molecular complexity index is 920. The van der Waals surface area contributed by atoms with E-state index in [0.29, 0.717) is 43.4 Å². The number of amides is 2. The minimum absolute atomic E-state index is 0.0499. The third-order valence-corrected chi connectivity index (χ3v) is 7.10. The Morgan fingerprint density at radius 1 is 1.36 bits per heavy atom. The van der Waals surface area contributed by atoms with Crippen molar-refractivity contribution in [3.05, 3.63) is 21.4 Å². The second-order valence-electron chi connectivity index (χ2n) is 8.70. The monoisotopic (exact) mass is 475 g/mol. The van der Waals surface area contributed by atoms with Crippen LogP contribution in [0.3, 0.4) is 0 Å². The van der Waals surface area contributed by atoms with Gasteiger partial charge in [-0.05, 0) is 70.2 Å². The molecule has 10 heteroatoms. The molecule has 1 aliphatic carbocycles. The molecule has 3 heterocycles. The molecule has 2 fully saturated rings. The third kappa shape index (κ3) is 6.33. The molecule has 1 saturated carbocycles. The van der Waals surface area contributed by atoms with Crippen molar-refractivity contribution in [3.8, 4) is 0 Å². The maximum absolute atomic E-state index is 13.3. The molecule has 0 bridgehead atoms. The summed E-state index contributed by atoms with van der Waals surface area (Å²) in [4.78, 5) is 37.4. The first-order valence-electron chi connectivity index (χ1n) is 11.8. The molecule has 0 radical (unpaired) electrons. The van der Waals surface area contributed by atoms with Crippen LogP contribution in [-0.2, 0) is 20.8 Å². The molecule has 0 unspecified atom stereocenters. The molecule has 2 amide bonds. The number of nitrogens with one attached hydrogen (secondary N) is 2. The van der Waals surface area contributed by atoms with Crippen LogP contribution in [0.15, 0.2) is 16.6 Å². The Balaban J connectivity index is 1.35. The van der Waals surface area contributed by atoms with Gasteiger partial charge in [-0.1, -0.05) is 0 Å². The van der Waals surface area contributed by atoms with Gasteiger partial charge in [0.2, 0.25) is 0 Å². The average Bonchev–Trinajstić information content (AvgIpc) is 3.02. The molecule has 0 atom stereocenters. The number of nitrogens with zero attached hydrogens (tertiary/aromatic N) is 2. The van der Waals surface area contributed by atoms with Crippen LogP contribution >= 0.6 is 11.3 Å². The van der Waals surface area contributed by atoms with Crippen LogP contribution in [0.5, 0.6) is 0 Å². The number of alkyl carbamates (subject to hydrolysis) is 1. The van der Waals surface area contributed by atoms with Crippen molar-refractivity contribution < 1.29 is 19.2 Å². The number of thiophene rings is 1. The number of carbonyl (C=O) groups excluding carboxylic acids is 2. The lowest BCUT2D eigenvalue weighted by Crippen LogP contribution is -2.42. The van der Waals surface area contributed by atoms with Crippen LogP contribution in [-0.4, -0.2) is 61.8 Å².